The number of hydrogen-bond acceptors (Lipinski definition) is 8. The van der Waals surface area contributed by atoms with Crippen LogP contribution in [-0.4, -0.2) is 20.2 Å². The van der Waals surface area contributed by atoms with E-state index in [0.717, 1.165) is 82.3 Å². The molecule has 0 amide bonds. The summed E-state index contributed by atoms with van der Waals surface area (Å²) in [6.07, 6.45) is 12.8. The van der Waals surface area contributed by atoms with E-state index in [-0.39, 0.29) is 5.57 Å². The van der Waals surface area contributed by atoms with Gasteiger partial charge in [0.15, 0.2) is 0 Å². The molecule has 14 rings (SSSR count). The van der Waals surface area contributed by atoms with Crippen LogP contribution in [0.5, 0.6) is 0 Å². The SMILES string of the molecule is CCCCCCc1cc(C#Cc2ccc(N(c3ccc(-n4c5ccccc5c5ccccc54)cc3)c3ccc(-n4c5ccccc5c5ccccc54)cc3)cc2)sc1-c1cc2sc3cc(-c4sc(/C=C(\C#N)C(=O)O)cc4CCCCCC)sc3c2s1. The molecule has 426 valence electrons. The largest absolute Gasteiger partial charge is 0.477 e. The third-order valence-electron chi connectivity index (χ3n) is 16.5. The zero-order chi connectivity index (χ0) is 59.0. The second-order valence-corrected chi connectivity index (χ2v) is 27.5. The molecule has 0 saturated heterocycles. The van der Waals surface area contributed by atoms with E-state index >= 15 is 0 Å². The van der Waals surface area contributed by atoms with E-state index < -0.39 is 5.97 Å². The Kier molecular flexibility index (Phi) is 15.8. The number of unbranched alkanes of at least 4 members (excludes halogenated alkanes) is 6. The summed E-state index contributed by atoms with van der Waals surface area (Å²) in [6, 6.07) is 72.4. The van der Waals surface area contributed by atoms with Gasteiger partial charge in [-0.3, -0.25) is 0 Å². The minimum atomic E-state index is -1.20. The Morgan fingerprint density at radius 3 is 1.38 bits per heavy atom. The molecule has 0 fully saturated rings. The van der Waals surface area contributed by atoms with Crippen LogP contribution >= 0.6 is 56.7 Å². The smallest absolute Gasteiger partial charge is 0.346 e. The Balaban J connectivity index is 0.784. The standard InChI is InChI=1S/C76H60N4O2S5/c1-3-5-7-9-19-50-43-58(83-72(50)68-46-70-74(86-68)75-71(85-70)47-69(87-75)73-51(20-10-8-6-4-2)44-59(84-73)45-52(48-77)76(81)82)42-31-49-29-32-53(33-30-49)78(54-34-38-56(39-35-54)79-64-25-15-11-21-60(64)61-22-12-16-26-65(61)79)55-36-40-57(41-37-55)80-66-27-17-13-23-62(66)63-24-14-18-28-67(63)80/h11-18,21-30,32-41,43-47H,3-10,19-20H2,1-2H3,(H,81,82)/b52-45+. The third-order valence-corrected chi connectivity index (χ3v) is 22.8. The first kappa shape index (κ1) is 56.1. The summed E-state index contributed by atoms with van der Waals surface area (Å²) in [7, 11) is 0. The minimum Gasteiger partial charge on any atom is -0.477 e. The number of anilines is 3. The first-order valence-electron chi connectivity index (χ1n) is 30.0. The summed E-state index contributed by atoms with van der Waals surface area (Å²) in [5, 5.41) is 24.2. The van der Waals surface area contributed by atoms with Gasteiger partial charge in [0.2, 0.25) is 0 Å². The van der Waals surface area contributed by atoms with Crippen molar-refractivity contribution in [3.05, 3.63) is 226 Å². The quantitative estimate of drug-likeness (QED) is 0.0379. The van der Waals surface area contributed by atoms with Crippen molar-refractivity contribution < 1.29 is 9.90 Å². The number of aromatic nitrogens is 2. The maximum absolute atomic E-state index is 11.8. The maximum atomic E-state index is 11.8. The van der Waals surface area contributed by atoms with Gasteiger partial charge in [-0.15, -0.1) is 56.7 Å². The number of carboxylic acids is 1. The molecular formula is C76H60N4O2S5. The fourth-order valence-electron chi connectivity index (χ4n) is 12.3. The Labute approximate surface area is 526 Å². The average molecular weight is 1220 g/mol. The van der Waals surface area contributed by atoms with Gasteiger partial charge >= 0.3 is 5.97 Å². The zero-order valence-corrected chi connectivity index (χ0v) is 52.4. The van der Waals surface area contributed by atoms with Gasteiger partial charge in [-0.05, 0) is 164 Å². The molecule has 0 aliphatic heterocycles. The molecule has 0 aliphatic rings. The minimum absolute atomic E-state index is 0.241. The molecule has 1 N–H and O–H groups in total. The van der Waals surface area contributed by atoms with Crippen LogP contribution in [0, 0.1) is 23.2 Å². The van der Waals surface area contributed by atoms with E-state index in [9.17, 15) is 15.2 Å². The van der Waals surface area contributed by atoms with Gasteiger partial charge in [0.1, 0.15) is 11.6 Å². The fraction of sp³-hybridized carbons (Fsp3) is 0.158. The van der Waals surface area contributed by atoms with Crippen molar-refractivity contribution in [2.45, 2.75) is 78.1 Å². The van der Waals surface area contributed by atoms with Crippen molar-refractivity contribution in [2.75, 3.05) is 4.90 Å². The first-order valence-corrected chi connectivity index (χ1v) is 34.1. The van der Waals surface area contributed by atoms with Crippen molar-refractivity contribution in [1.82, 2.24) is 9.13 Å². The normalized spacial score (nSPS) is 11.9. The van der Waals surface area contributed by atoms with E-state index in [2.05, 4.69) is 234 Å². The van der Waals surface area contributed by atoms with E-state index in [1.54, 1.807) is 11.3 Å². The molecule has 0 unspecified atom stereocenters. The van der Waals surface area contributed by atoms with Crippen molar-refractivity contribution in [2.24, 2.45) is 0 Å². The molecule has 0 radical (unpaired) electrons. The number of fused-ring (bicyclic) bond motifs is 9. The Morgan fingerprint density at radius 2 is 0.931 bits per heavy atom. The van der Waals surface area contributed by atoms with E-state index in [4.69, 9.17) is 0 Å². The van der Waals surface area contributed by atoms with Crippen LogP contribution in [0.2, 0.25) is 0 Å². The monoisotopic (exact) mass is 1220 g/mol. The lowest BCUT2D eigenvalue weighted by atomic mass is 10.1. The number of aryl methyl sites for hydroxylation is 2. The molecule has 0 saturated carbocycles. The van der Waals surface area contributed by atoms with Crippen LogP contribution in [0.15, 0.2) is 200 Å². The second kappa shape index (κ2) is 24.5. The molecule has 7 heterocycles. The van der Waals surface area contributed by atoms with E-state index in [0.29, 0.717) is 0 Å². The summed E-state index contributed by atoms with van der Waals surface area (Å²) >= 11 is 9.00. The molecule has 0 spiro atoms. The van der Waals surface area contributed by atoms with Crippen LogP contribution in [-0.2, 0) is 17.6 Å². The molecule has 0 aliphatic carbocycles. The van der Waals surface area contributed by atoms with Gasteiger partial charge in [-0.25, -0.2) is 4.79 Å². The van der Waals surface area contributed by atoms with Crippen molar-refractivity contribution in [1.29, 1.82) is 5.26 Å². The highest BCUT2D eigenvalue weighted by Crippen LogP contribution is 2.51. The summed E-state index contributed by atoms with van der Waals surface area (Å²) in [5.41, 5.74) is 13.4. The number of para-hydroxylation sites is 4. The van der Waals surface area contributed by atoms with Crippen molar-refractivity contribution in [3.8, 4) is 48.8 Å². The summed E-state index contributed by atoms with van der Waals surface area (Å²) in [5.74, 6) is 6.02. The lowest BCUT2D eigenvalue weighted by Crippen LogP contribution is -2.10. The molecule has 11 heteroatoms. The van der Waals surface area contributed by atoms with Crippen molar-refractivity contribution >= 4 is 148 Å². The van der Waals surface area contributed by atoms with Gasteiger partial charge in [0.05, 0.1) is 36.3 Å². The number of hydrogen-bond donors (Lipinski definition) is 1. The molecule has 87 heavy (non-hydrogen) atoms. The van der Waals surface area contributed by atoms with Crippen LogP contribution in [0.1, 0.15) is 91.7 Å². The fourth-order valence-corrected chi connectivity index (χ4v) is 18.8. The van der Waals surface area contributed by atoms with Crippen LogP contribution < -0.4 is 4.90 Å². The van der Waals surface area contributed by atoms with Gasteiger partial charge in [0, 0.05) is 89.3 Å². The first-order chi connectivity index (χ1) is 42.8. The van der Waals surface area contributed by atoms with Crippen LogP contribution in [0.4, 0.5) is 17.1 Å². The molecule has 7 aromatic carbocycles. The molecule has 0 bridgehead atoms. The van der Waals surface area contributed by atoms with E-state index in [1.807, 2.05) is 51.4 Å². The maximum Gasteiger partial charge on any atom is 0.346 e. The predicted octanol–water partition coefficient (Wildman–Crippen LogP) is 22.9. The van der Waals surface area contributed by atoms with E-state index in [1.165, 1.54) is 125 Å². The number of carbonyl (C=O) groups is 1. The summed E-state index contributed by atoms with van der Waals surface area (Å²) < 4.78 is 9.96. The van der Waals surface area contributed by atoms with Crippen LogP contribution in [0.25, 0.3) is 99.4 Å². The molecule has 14 aromatic rings. The highest BCUT2D eigenvalue weighted by Gasteiger charge is 2.22. The number of aliphatic carboxylic acids is 1. The average Bonchev–Trinajstić information content (AvgIpc) is 1.78. The number of nitriles is 1. The Hall–Kier alpha value is -8.78. The van der Waals surface area contributed by atoms with Crippen molar-refractivity contribution in [3.63, 3.8) is 0 Å². The highest BCUT2D eigenvalue weighted by atomic mass is 32.1. The lowest BCUT2D eigenvalue weighted by Gasteiger charge is -2.26. The number of benzene rings is 7. The van der Waals surface area contributed by atoms with Crippen LogP contribution in [0.3, 0.4) is 0 Å². The summed E-state index contributed by atoms with van der Waals surface area (Å²) in [4.78, 5) is 21.0. The second-order valence-electron chi connectivity index (χ2n) is 22.2. The zero-order valence-electron chi connectivity index (χ0n) is 48.3. The van der Waals surface area contributed by atoms with Gasteiger partial charge in [0.25, 0.3) is 0 Å². The Bertz CT molecular complexity index is 4760. The van der Waals surface area contributed by atoms with Gasteiger partial charge < -0.3 is 19.1 Å². The van der Waals surface area contributed by atoms with Gasteiger partial charge in [-0.1, -0.05) is 137 Å². The summed E-state index contributed by atoms with van der Waals surface area (Å²) in [6.45, 7) is 4.49. The number of nitrogens with zero attached hydrogens (tertiary/aromatic N) is 4. The lowest BCUT2D eigenvalue weighted by molar-refractivity contribution is -0.132. The third kappa shape index (κ3) is 10.9. The van der Waals surface area contributed by atoms with Gasteiger partial charge in [-0.2, -0.15) is 5.26 Å². The Morgan fingerprint density at radius 1 is 0.494 bits per heavy atom. The molecule has 0 atom stereocenters. The number of thiophene rings is 5. The predicted molar refractivity (Wildman–Crippen MR) is 374 cm³/mol. The molecular weight excluding hydrogens is 1160 g/mol. The molecule has 6 nitrogen and oxygen atoms in total. The number of carboxylic acid groups (broad SMARTS) is 1. The molecule has 7 aromatic heterocycles. The number of rotatable bonds is 19. The highest BCUT2D eigenvalue weighted by molar-refractivity contribution is 7.41. The topological polar surface area (TPSA) is 74.2 Å².